The van der Waals surface area contributed by atoms with E-state index in [0.29, 0.717) is 11.3 Å². The fraction of sp³-hybridized carbons (Fsp3) is 0.167. The van der Waals surface area contributed by atoms with Crippen LogP contribution in [0.25, 0.3) is 5.70 Å². The lowest BCUT2D eigenvalue weighted by Gasteiger charge is -2.11. The zero-order chi connectivity index (χ0) is 22.1. The Kier molecular flexibility index (Phi) is 8.14. The Morgan fingerprint density at radius 3 is 2.47 bits per heavy atom. The van der Waals surface area contributed by atoms with Gasteiger partial charge in [-0.15, -0.1) is 5.11 Å². The summed E-state index contributed by atoms with van der Waals surface area (Å²) in [6, 6.07) is 13.1. The Bertz CT molecular complexity index is 1020. The van der Waals surface area contributed by atoms with Crippen molar-refractivity contribution in [3.63, 3.8) is 0 Å². The zero-order valence-electron chi connectivity index (χ0n) is 17.5. The quantitative estimate of drug-likeness (QED) is 0.257. The Balaban J connectivity index is 2.19. The van der Waals surface area contributed by atoms with Crippen LogP contribution in [0.3, 0.4) is 0 Å². The summed E-state index contributed by atoms with van der Waals surface area (Å²) in [5.41, 5.74) is 13.7. The van der Waals surface area contributed by atoms with Crippen LogP contribution < -0.4 is 10.6 Å². The highest BCUT2D eigenvalue weighted by molar-refractivity contribution is 5.93. The van der Waals surface area contributed by atoms with Gasteiger partial charge in [-0.1, -0.05) is 54.6 Å². The lowest BCUT2D eigenvalue weighted by molar-refractivity contribution is -0.509. The molecular formula is C24H27N4O2+. The van der Waals surface area contributed by atoms with Crippen molar-refractivity contribution in [1.29, 1.82) is 5.53 Å². The Morgan fingerprint density at radius 2 is 1.90 bits per heavy atom. The summed E-state index contributed by atoms with van der Waals surface area (Å²) in [6.07, 6.45) is 4.33. The zero-order valence-corrected chi connectivity index (χ0v) is 17.5. The summed E-state index contributed by atoms with van der Waals surface area (Å²) in [4.78, 5) is 23.3. The molecule has 30 heavy (non-hydrogen) atoms. The van der Waals surface area contributed by atoms with Crippen LogP contribution in [0.5, 0.6) is 0 Å². The molecule has 0 saturated carbocycles. The highest BCUT2D eigenvalue weighted by atomic mass is 16.2. The first kappa shape index (κ1) is 22.6. The van der Waals surface area contributed by atoms with Gasteiger partial charge in [0.1, 0.15) is 17.7 Å². The summed E-state index contributed by atoms with van der Waals surface area (Å²) >= 11 is 0. The number of nitrogens with two attached hydrogens (primary N) is 1. The third kappa shape index (κ3) is 5.93. The maximum atomic E-state index is 12.6. The summed E-state index contributed by atoms with van der Waals surface area (Å²) in [5, 5.41) is 8.07. The van der Waals surface area contributed by atoms with E-state index in [1.54, 1.807) is 37.3 Å². The molecule has 0 radical (unpaired) electrons. The van der Waals surface area contributed by atoms with Gasteiger partial charge in [0.2, 0.25) is 5.70 Å². The average Bonchev–Trinajstić information content (AvgIpc) is 2.73. The van der Waals surface area contributed by atoms with Crippen molar-refractivity contribution in [2.45, 2.75) is 27.3 Å². The minimum Gasteiger partial charge on any atom is -0.346 e. The van der Waals surface area contributed by atoms with Gasteiger partial charge in [0.25, 0.3) is 5.91 Å². The Morgan fingerprint density at radius 1 is 1.20 bits per heavy atom. The molecule has 0 heterocycles. The van der Waals surface area contributed by atoms with Crippen molar-refractivity contribution in [3.05, 3.63) is 100 Å². The standard InChI is InChI=1S/C24H26N4O2/c1-5-6-22(21-12-7-16(2)13-17(21)3)27-18(4)23(28-25)24(30)26-14-19-8-10-20(15-29)11-9-19/h5-13,15,25,27H,1,14H2,2-4H3,(H,26,30)/p+1. The average molecular weight is 404 g/mol. The number of aryl methyl sites for hydroxylation is 2. The van der Waals surface area contributed by atoms with Gasteiger partial charge in [0, 0.05) is 24.6 Å². The molecule has 1 amide bonds. The number of allylic oxidation sites excluding steroid dienone is 3. The highest BCUT2D eigenvalue weighted by Gasteiger charge is 2.18. The van der Waals surface area contributed by atoms with Gasteiger partial charge in [-0.3, -0.25) is 14.9 Å². The molecule has 154 valence electrons. The first-order valence-corrected chi connectivity index (χ1v) is 9.55. The van der Waals surface area contributed by atoms with Crippen molar-refractivity contribution in [1.82, 2.24) is 5.32 Å². The van der Waals surface area contributed by atoms with Crippen LogP contribution in [0.1, 0.15) is 39.5 Å². The first-order valence-electron chi connectivity index (χ1n) is 9.55. The van der Waals surface area contributed by atoms with Crippen LogP contribution in [-0.2, 0) is 11.3 Å². The molecule has 0 spiro atoms. The van der Waals surface area contributed by atoms with Crippen LogP contribution in [0.2, 0.25) is 0 Å². The van der Waals surface area contributed by atoms with Crippen molar-refractivity contribution in [2.24, 2.45) is 5.11 Å². The number of nitrogens with one attached hydrogen (secondary N) is 2. The second-order valence-electron chi connectivity index (χ2n) is 7.01. The van der Waals surface area contributed by atoms with Crippen LogP contribution in [0, 0.1) is 19.4 Å². The van der Waals surface area contributed by atoms with E-state index in [0.717, 1.165) is 28.7 Å². The monoisotopic (exact) mass is 403 g/mol. The van der Waals surface area contributed by atoms with E-state index < -0.39 is 5.91 Å². The van der Waals surface area contributed by atoms with Crippen molar-refractivity contribution >= 4 is 17.9 Å². The van der Waals surface area contributed by atoms with E-state index in [1.165, 1.54) is 5.56 Å². The normalized spacial score (nSPS) is 12.0. The van der Waals surface area contributed by atoms with E-state index in [-0.39, 0.29) is 12.2 Å². The molecule has 0 fully saturated rings. The molecule has 2 rings (SSSR count). The number of quaternary nitrogens is 1. The van der Waals surface area contributed by atoms with Crippen molar-refractivity contribution in [2.75, 3.05) is 0 Å². The molecule has 6 heteroatoms. The van der Waals surface area contributed by atoms with Gasteiger partial charge in [-0.2, -0.15) is 0 Å². The van der Waals surface area contributed by atoms with E-state index in [2.05, 4.69) is 23.1 Å². The molecule has 4 N–H and O–H groups in total. The summed E-state index contributed by atoms with van der Waals surface area (Å²) in [7, 11) is 0. The maximum absolute atomic E-state index is 12.6. The van der Waals surface area contributed by atoms with Crippen LogP contribution in [0.4, 0.5) is 0 Å². The number of benzene rings is 2. The first-order chi connectivity index (χ1) is 14.4. The number of carbonyl (C=O) groups excluding carboxylic acids is 2. The van der Waals surface area contributed by atoms with E-state index in [4.69, 9.17) is 5.53 Å². The molecule has 0 bridgehead atoms. The lowest BCUT2D eigenvalue weighted by atomic mass is 10.0. The summed E-state index contributed by atoms with van der Waals surface area (Å²) < 4.78 is 0. The SMILES string of the molecule is C=CC=C([NH2+]C(C)=C(N=N)C(=O)NCc1ccc(C=O)cc1)c1ccc(C)cc1C. The smallest absolute Gasteiger partial charge is 0.277 e. The minimum absolute atomic E-state index is 0.0410. The predicted molar refractivity (Wildman–Crippen MR) is 118 cm³/mol. The summed E-state index contributed by atoms with van der Waals surface area (Å²) in [5.74, 6) is -0.434. The molecule has 2 aromatic carbocycles. The van der Waals surface area contributed by atoms with Gasteiger partial charge in [-0.05, 0) is 37.1 Å². The second kappa shape index (κ2) is 10.8. The maximum Gasteiger partial charge on any atom is 0.277 e. The molecule has 0 aliphatic rings. The number of hydrogen-bond acceptors (Lipinski definition) is 4. The van der Waals surface area contributed by atoms with Crippen molar-refractivity contribution < 1.29 is 14.9 Å². The molecule has 0 saturated heterocycles. The van der Waals surface area contributed by atoms with Gasteiger partial charge >= 0.3 is 0 Å². The van der Waals surface area contributed by atoms with Gasteiger partial charge in [-0.25, -0.2) is 5.53 Å². The Labute approximate surface area is 176 Å². The van der Waals surface area contributed by atoms with E-state index in [9.17, 15) is 9.59 Å². The second-order valence-corrected chi connectivity index (χ2v) is 7.01. The molecule has 6 nitrogen and oxygen atoms in total. The molecular weight excluding hydrogens is 376 g/mol. The fourth-order valence-electron chi connectivity index (χ4n) is 3.08. The number of hydrogen-bond donors (Lipinski definition) is 3. The number of rotatable bonds is 9. The van der Waals surface area contributed by atoms with Gasteiger partial charge in [0.15, 0.2) is 0 Å². The number of aldehydes is 1. The number of carbonyl (C=O) groups is 2. The van der Waals surface area contributed by atoms with Gasteiger partial charge < -0.3 is 5.32 Å². The molecule has 0 unspecified atom stereocenters. The molecule has 0 aromatic heterocycles. The van der Waals surface area contributed by atoms with Crippen LogP contribution in [-0.4, -0.2) is 12.2 Å². The van der Waals surface area contributed by atoms with Gasteiger partial charge in [0.05, 0.1) is 0 Å². The molecule has 2 aromatic rings. The lowest BCUT2D eigenvalue weighted by Crippen LogP contribution is -2.79. The number of nitrogens with zero attached hydrogens (tertiary/aromatic N) is 1. The summed E-state index contributed by atoms with van der Waals surface area (Å²) in [6.45, 7) is 9.88. The third-order valence-electron chi connectivity index (χ3n) is 4.63. The molecule has 0 aliphatic carbocycles. The minimum atomic E-state index is -0.434. The third-order valence-corrected chi connectivity index (χ3v) is 4.63. The van der Waals surface area contributed by atoms with E-state index >= 15 is 0 Å². The number of amides is 1. The van der Waals surface area contributed by atoms with Crippen LogP contribution in [0.15, 0.2) is 77.7 Å². The highest BCUT2D eigenvalue weighted by Crippen LogP contribution is 2.16. The predicted octanol–water partition coefficient (Wildman–Crippen LogP) is 3.79. The fourth-order valence-corrected chi connectivity index (χ4v) is 3.08. The topological polar surface area (TPSA) is 99.0 Å². The van der Waals surface area contributed by atoms with Crippen molar-refractivity contribution in [3.8, 4) is 0 Å². The Hall–Kier alpha value is -3.64. The molecule has 0 atom stereocenters. The molecule has 0 aliphatic heterocycles. The largest absolute Gasteiger partial charge is 0.346 e. The van der Waals surface area contributed by atoms with Crippen LogP contribution >= 0.6 is 0 Å². The van der Waals surface area contributed by atoms with E-state index in [1.807, 2.05) is 37.4 Å².